The van der Waals surface area contributed by atoms with E-state index < -0.39 is 0 Å². The molecule has 0 radical (unpaired) electrons. The first-order valence-corrected chi connectivity index (χ1v) is 9.35. The highest BCUT2D eigenvalue weighted by atomic mass is 16.6. The molecule has 0 bridgehead atoms. The van der Waals surface area contributed by atoms with Crippen LogP contribution >= 0.6 is 0 Å². The van der Waals surface area contributed by atoms with Crippen molar-refractivity contribution in [3.8, 4) is 0 Å². The van der Waals surface area contributed by atoms with Gasteiger partial charge in [0.1, 0.15) is 12.7 Å². The van der Waals surface area contributed by atoms with Gasteiger partial charge in [0, 0.05) is 19.6 Å². The van der Waals surface area contributed by atoms with Crippen molar-refractivity contribution in [2.45, 2.75) is 31.9 Å². The van der Waals surface area contributed by atoms with E-state index in [-0.39, 0.29) is 18.0 Å². The molecule has 0 N–H and O–H groups in total. The molecule has 0 aromatic heterocycles. The van der Waals surface area contributed by atoms with Gasteiger partial charge in [-0.25, -0.2) is 0 Å². The Hall–Kier alpha value is -2.17. The molecule has 0 spiro atoms. The summed E-state index contributed by atoms with van der Waals surface area (Å²) in [6.07, 6.45) is 0.666. The fourth-order valence-corrected chi connectivity index (χ4v) is 3.37. The van der Waals surface area contributed by atoms with Crippen LogP contribution in [0.1, 0.15) is 30.4 Å². The van der Waals surface area contributed by atoms with Crippen LogP contribution in [0.4, 0.5) is 0 Å². The van der Waals surface area contributed by atoms with Gasteiger partial charge in [-0.3, -0.25) is 9.69 Å². The standard InChI is InChI=1S/C22H27NO3/c1-2-21(19-11-7-4-8-12-19)22(24)26-17-20-16-23(13-14-25-20)15-18-9-5-3-6-10-18/h3-12,20-21H,2,13-17H2,1H3. The molecule has 1 saturated heterocycles. The molecule has 3 rings (SSSR count). The smallest absolute Gasteiger partial charge is 0.313 e. The van der Waals surface area contributed by atoms with E-state index in [1.807, 2.05) is 43.3 Å². The molecule has 4 nitrogen and oxygen atoms in total. The zero-order valence-electron chi connectivity index (χ0n) is 15.3. The molecule has 2 atom stereocenters. The van der Waals surface area contributed by atoms with E-state index in [1.165, 1.54) is 5.56 Å². The van der Waals surface area contributed by atoms with Crippen LogP contribution in [0, 0.1) is 0 Å². The van der Waals surface area contributed by atoms with Crippen molar-refractivity contribution in [2.75, 3.05) is 26.3 Å². The number of hydrogen-bond donors (Lipinski definition) is 0. The lowest BCUT2D eigenvalue weighted by Gasteiger charge is -2.32. The molecule has 2 aromatic carbocycles. The van der Waals surface area contributed by atoms with Gasteiger partial charge in [-0.1, -0.05) is 67.6 Å². The molecule has 0 saturated carbocycles. The number of ether oxygens (including phenoxy) is 2. The maximum absolute atomic E-state index is 12.5. The number of nitrogens with zero attached hydrogens (tertiary/aromatic N) is 1. The fourth-order valence-electron chi connectivity index (χ4n) is 3.37. The Bertz CT molecular complexity index is 674. The van der Waals surface area contributed by atoms with E-state index in [0.717, 1.165) is 31.6 Å². The first kappa shape index (κ1) is 18.6. The Morgan fingerprint density at radius 2 is 1.85 bits per heavy atom. The maximum Gasteiger partial charge on any atom is 0.313 e. The molecule has 1 fully saturated rings. The lowest BCUT2D eigenvalue weighted by molar-refractivity contribution is -0.152. The van der Waals surface area contributed by atoms with Crippen LogP contribution < -0.4 is 0 Å². The van der Waals surface area contributed by atoms with Crippen molar-refractivity contribution in [1.82, 2.24) is 4.90 Å². The Balaban J connectivity index is 1.50. The summed E-state index contributed by atoms with van der Waals surface area (Å²) in [6, 6.07) is 20.2. The number of benzene rings is 2. The average molecular weight is 353 g/mol. The summed E-state index contributed by atoms with van der Waals surface area (Å²) < 4.78 is 11.4. The minimum atomic E-state index is -0.208. The third-order valence-electron chi connectivity index (χ3n) is 4.78. The quantitative estimate of drug-likeness (QED) is 0.713. The van der Waals surface area contributed by atoms with Crippen molar-refractivity contribution in [3.05, 3.63) is 71.8 Å². The minimum Gasteiger partial charge on any atom is -0.462 e. The third-order valence-corrected chi connectivity index (χ3v) is 4.78. The lowest BCUT2D eigenvalue weighted by Crippen LogP contribution is -2.44. The van der Waals surface area contributed by atoms with E-state index >= 15 is 0 Å². The number of carbonyl (C=O) groups is 1. The molecule has 1 aliphatic rings. The van der Waals surface area contributed by atoms with Crippen LogP contribution in [-0.2, 0) is 20.8 Å². The monoisotopic (exact) mass is 353 g/mol. The molecule has 2 aromatic rings. The van der Waals surface area contributed by atoms with Gasteiger partial charge in [-0.15, -0.1) is 0 Å². The zero-order valence-corrected chi connectivity index (χ0v) is 15.3. The number of carbonyl (C=O) groups excluding carboxylic acids is 1. The Morgan fingerprint density at radius 3 is 2.54 bits per heavy atom. The van der Waals surface area contributed by atoms with Gasteiger partial charge in [0.25, 0.3) is 0 Å². The normalized spacial score (nSPS) is 19.0. The van der Waals surface area contributed by atoms with Crippen molar-refractivity contribution >= 4 is 5.97 Å². The van der Waals surface area contributed by atoms with E-state index in [2.05, 4.69) is 29.2 Å². The Labute approximate surface area is 155 Å². The summed E-state index contributed by atoms with van der Waals surface area (Å²) in [5, 5.41) is 0. The molecule has 2 unspecified atom stereocenters. The molecule has 4 heteroatoms. The predicted octanol–water partition coefficient (Wildman–Crippen LogP) is 3.62. The molecular weight excluding hydrogens is 326 g/mol. The number of rotatable bonds is 7. The van der Waals surface area contributed by atoms with Crippen LogP contribution in [0.25, 0.3) is 0 Å². The first-order valence-electron chi connectivity index (χ1n) is 9.35. The lowest BCUT2D eigenvalue weighted by atomic mass is 9.97. The second-order valence-corrected chi connectivity index (χ2v) is 6.72. The molecular formula is C22H27NO3. The van der Waals surface area contributed by atoms with Crippen LogP contribution in [0.5, 0.6) is 0 Å². The van der Waals surface area contributed by atoms with Gasteiger partial charge in [0.15, 0.2) is 0 Å². The number of morpholine rings is 1. The number of hydrogen-bond acceptors (Lipinski definition) is 4. The van der Waals surface area contributed by atoms with E-state index in [4.69, 9.17) is 9.47 Å². The molecule has 1 heterocycles. The van der Waals surface area contributed by atoms with Crippen LogP contribution in [0.15, 0.2) is 60.7 Å². The van der Waals surface area contributed by atoms with Crippen molar-refractivity contribution in [3.63, 3.8) is 0 Å². The van der Waals surface area contributed by atoms with Crippen molar-refractivity contribution in [2.24, 2.45) is 0 Å². The number of esters is 1. The molecule has 0 aliphatic carbocycles. The van der Waals surface area contributed by atoms with Crippen LogP contribution in [0.3, 0.4) is 0 Å². The van der Waals surface area contributed by atoms with Gasteiger partial charge in [0.2, 0.25) is 0 Å². The SMILES string of the molecule is CCC(C(=O)OCC1CN(Cc2ccccc2)CCO1)c1ccccc1. The summed E-state index contributed by atoms with van der Waals surface area (Å²) in [6.45, 7) is 5.58. The second kappa shape index (κ2) is 9.51. The van der Waals surface area contributed by atoms with Gasteiger partial charge in [-0.05, 0) is 17.5 Å². The van der Waals surface area contributed by atoms with Crippen LogP contribution in [-0.4, -0.2) is 43.3 Å². The molecule has 26 heavy (non-hydrogen) atoms. The average Bonchev–Trinajstić information content (AvgIpc) is 2.69. The highest BCUT2D eigenvalue weighted by Crippen LogP contribution is 2.21. The van der Waals surface area contributed by atoms with Crippen molar-refractivity contribution < 1.29 is 14.3 Å². The minimum absolute atomic E-state index is 0.0651. The summed E-state index contributed by atoms with van der Waals surface area (Å²) in [5.74, 6) is -0.373. The topological polar surface area (TPSA) is 38.8 Å². The Morgan fingerprint density at radius 1 is 1.15 bits per heavy atom. The third kappa shape index (κ3) is 5.16. The highest BCUT2D eigenvalue weighted by molar-refractivity contribution is 5.78. The Kier molecular flexibility index (Phi) is 6.81. The van der Waals surface area contributed by atoms with Gasteiger partial charge in [-0.2, -0.15) is 0 Å². The van der Waals surface area contributed by atoms with E-state index in [9.17, 15) is 4.79 Å². The zero-order chi connectivity index (χ0) is 18.2. The van der Waals surface area contributed by atoms with Gasteiger partial charge < -0.3 is 9.47 Å². The largest absolute Gasteiger partial charge is 0.462 e. The highest BCUT2D eigenvalue weighted by Gasteiger charge is 2.25. The van der Waals surface area contributed by atoms with Crippen LogP contribution in [0.2, 0.25) is 0 Å². The maximum atomic E-state index is 12.5. The first-order chi connectivity index (χ1) is 12.8. The fraction of sp³-hybridized carbons (Fsp3) is 0.409. The summed E-state index contributed by atoms with van der Waals surface area (Å²) >= 11 is 0. The summed E-state index contributed by atoms with van der Waals surface area (Å²) in [5.41, 5.74) is 2.30. The predicted molar refractivity (Wildman–Crippen MR) is 102 cm³/mol. The molecule has 138 valence electrons. The van der Waals surface area contributed by atoms with Gasteiger partial charge >= 0.3 is 5.97 Å². The second-order valence-electron chi connectivity index (χ2n) is 6.72. The van der Waals surface area contributed by atoms with Gasteiger partial charge in [0.05, 0.1) is 12.5 Å². The molecule has 0 amide bonds. The van der Waals surface area contributed by atoms with E-state index in [1.54, 1.807) is 0 Å². The molecule has 1 aliphatic heterocycles. The summed E-state index contributed by atoms with van der Waals surface area (Å²) in [7, 11) is 0. The van der Waals surface area contributed by atoms with Crippen molar-refractivity contribution in [1.29, 1.82) is 0 Å². The summed E-state index contributed by atoms with van der Waals surface area (Å²) in [4.78, 5) is 14.9. The van der Waals surface area contributed by atoms with E-state index in [0.29, 0.717) is 13.2 Å².